The van der Waals surface area contributed by atoms with Gasteiger partial charge in [0.2, 0.25) is 5.91 Å². The molecule has 1 unspecified atom stereocenters. The molecule has 5 nitrogen and oxygen atoms in total. The molecule has 1 atom stereocenters. The minimum Gasteiger partial charge on any atom is -0.368 e. The van der Waals surface area contributed by atoms with Crippen LogP contribution in [0.4, 0.5) is 0 Å². The van der Waals surface area contributed by atoms with E-state index in [9.17, 15) is 4.79 Å². The van der Waals surface area contributed by atoms with E-state index in [1.807, 2.05) is 36.4 Å². The number of thioether (sulfide) groups is 1. The number of nitrogens with zero attached hydrogens (tertiary/aromatic N) is 3. The van der Waals surface area contributed by atoms with Crippen LogP contribution in [0.15, 0.2) is 48.1 Å². The Morgan fingerprint density at radius 1 is 1.28 bits per heavy atom. The Kier molecular flexibility index (Phi) is 5.91. The number of rotatable bonds is 7. The third-order valence-corrected chi connectivity index (χ3v) is 5.86. The van der Waals surface area contributed by atoms with Crippen molar-refractivity contribution in [2.45, 2.75) is 55.0 Å². The summed E-state index contributed by atoms with van der Waals surface area (Å²) in [4.78, 5) is 12.0. The van der Waals surface area contributed by atoms with Gasteiger partial charge < -0.3 is 10.3 Å². The zero-order valence-electron chi connectivity index (χ0n) is 14.3. The molecule has 0 radical (unpaired) electrons. The molecule has 1 aliphatic rings. The monoisotopic (exact) mass is 356 g/mol. The van der Waals surface area contributed by atoms with Gasteiger partial charge in [-0.05, 0) is 18.4 Å². The molecule has 2 aromatic rings. The van der Waals surface area contributed by atoms with Crippen LogP contribution in [0.25, 0.3) is 0 Å². The summed E-state index contributed by atoms with van der Waals surface area (Å²) in [5, 5.41) is 9.09. The molecule has 1 aromatic carbocycles. The van der Waals surface area contributed by atoms with Crippen LogP contribution in [0.3, 0.4) is 0 Å². The number of benzene rings is 1. The molecule has 1 saturated carbocycles. The number of aromatic nitrogens is 3. The number of amides is 1. The van der Waals surface area contributed by atoms with Crippen molar-refractivity contribution in [2.24, 2.45) is 5.73 Å². The fourth-order valence-corrected chi connectivity index (χ4v) is 4.38. The Bertz CT molecular complexity index is 722. The number of hydrogen-bond acceptors (Lipinski definition) is 4. The van der Waals surface area contributed by atoms with Gasteiger partial charge in [0.25, 0.3) is 0 Å². The summed E-state index contributed by atoms with van der Waals surface area (Å²) < 4.78 is 2.09. The van der Waals surface area contributed by atoms with Gasteiger partial charge in [-0.25, -0.2) is 0 Å². The average molecular weight is 356 g/mol. The summed E-state index contributed by atoms with van der Waals surface area (Å²) in [7, 11) is 0. The van der Waals surface area contributed by atoms with Crippen molar-refractivity contribution in [3.05, 3.63) is 54.4 Å². The zero-order valence-corrected chi connectivity index (χ0v) is 15.1. The zero-order chi connectivity index (χ0) is 17.6. The molecule has 2 N–H and O–H groups in total. The van der Waals surface area contributed by atoms with Gasteiger partial charge in [0.05, 0.1) is 0 Å². The van der Waals surface area contributed by atoms with E-state index >= 15 is 0 Å². The van der Waals surface area contributed by atoms with Crippen molar-refractivity contribution >= 4 is 17.7 Å². The molecule has 1 aliphatic carbocycles. The Hall–Kier alpha value is -2.08. The highest BCUT2D eigenvalue weighted by Crippen LogP contribution is 2.37. The van der Waals surface area contributed by atoms with Crippen LogP contribution < -0.4 is 5.73 Å². The summed E-state index contributed by atoms with van der Waals surface area (Å²) in [5.74, 6) is 1.08. The molecule has 0 aliphatic heterocycles. The van der Waals surface area contributed by atoms with Gasteiger partial charge in [-0.15, -0.1) is 16.8 Å². The third-order valence-electron chi connectivity index (χ3n) is 4.61. The van der Waals surface area contributed by atoms with E-state index in [1.165, 1.54) is 31.0 Å². The van der Waals surface area contributed by atoms with E-state index in [0.29, 0.717) is 12.5 Å². The maximum atomic E-state index is 12.0. The van der Waals surface area contributed by atoms with Crippen LogP contribution >= 0.6 is 11.8 Å². The topological polar surface area (TPSA) is 73.8 Å². The fourth-order valence-electron chi connectivity index (χ4n) is 3.37. The van der Waals surface area contributed by atoms with Gasteiger partial charge in [-0.1, -0.05) is 67.4 Å². The highest BCUT2D eigenvalue weighted by Gasteiger charge is 2.26. The van der Waals surface area contributed by atoms with Gasteiger partial charge >= 0.3 is 0 Å². The van der Waals surface area contributed by atoms with Crippen LogP contribution in [-0.2, 0) is 11.3 Å². The lowest BCUT2D eigenvalue weighted by molar-refractivity contribution is -0.117. The SMILES string of the molecule is C=CCn1c(SC(C(N)=O)c2ccccc2)nnc1C1CCCCC1. The van der Waals surface area contributed by atoms with Crippen molar-refractivity contribution in [1.29, 1.82) is 0 Å². The van der Waals surface area contributed by atoms with Crippen LogP contribution in [0.5, 0.6) is 0 Å². The molecule has 6 heteroatoms. The maximum Gasteiger partial charge on any atom is 0.235 e. The first-order chi connectivity index (χ1) is 12.2. The number of hydrogen-bond donors (Lipinski definition) is 1. The second-order valence-electron chi connectivity index (χ2n) is 6.39. The summed E-state index contributed by atoms with van der Waals surface area (Å²) in [6, 6.07) is 9.58. The second-order valence-corrected chi connectivity index (χ2v) is 7.46. The predicted octanol–water partition coefficient (Wildman–Crippen LogP) is 3.83. The normalized spacial score (nSPS) is 16.5. The molecule has 1 aromatic heterocycles. The van der Waals surface area contributed by atoms with Crippen molar-refractivity contribution < 1.29 is 4.79 Å². The molecule has 0 saturated heterocycles. The van der Waals surface area contributed by atoms with E-state index < -0.39 is 5.25 Å². The Morgan fingerprint density at radius 2 is 2.00 bits per heavy atom. The minimum absolute atomic E-state index is 0.372. The molecular weight excluding hydrogens is 332 g/mol. The standard InChI is InChI=1S/C19H24N4OS/c1-2-13-23-18(15-11-7-4-8-12-15)21-22-19(23)25-16(17(20)24)14-9-5-3-6-10-14/h2-3,5-6,9-10,15-16H,1,4,7-8,11-13H2,(H2,20,24). The molecule has 0 bridgehead atoms. The van der Waals surface area contributed by atoms with E-state index in [0.717, 1.165) is 29.4 Å². The molecule has 0 spiro atoms. The first-order valence-corrected chi connectivity index (χ1v) is 9.63. The van der Waals surface area contributed by atoms with Gasteiger partial charge in [0, 0.05) is 12.5 Å². The number of allylic oxidation sites excluding steroid dienone is 1. The van der Waals surface area contributed by atoms with E-state index in [-0.39, 0.29) is 5.91 Å². The minimum atomic E-state index is -0.479. The number of primary amides is 1. The lowest BCUT2D eigenvalue weighted by Crippen LogP contribution is -2.19. The Morgan fingerprint density at radius 3 is 2.64 bits per heavy atom. The number of carbonyl (C=O) groups is 1. The predicted molar refractivity (Wildman–Crippen MR) is 100 cm³/mol. The van der Waals surface area contributed by atoms with Crippen molar-refractivity contribution in [3.8, 4) is 0 Å². The average Bonchev–Trinajstić information content (AvgIpc) is 3.04. The fraction of sp³-hybridized carbons (Fsp3) is 0.421. The molecular formula is C19H24N4OS. The smallest absolute Gasteiger partial charge is 0.235 e. The number of nitrogens with two attached hydrogens (primary N) is 1. The molecule has 1 fully saturated rings. The molecule has 1 heterocycles. The highest BCUT2D eigenvalue weighted by atomic mass is 32.2. The van der Waals surface area contributed by atoms with Gasteiger partial charge in [0.1, 0.15) is 11.1 Å². The third kappa shape index (κ3) is 4.12. The molecule has 25 heavy (non-hydrogen) atoms. The van der Waals surface area contributed by atoms with Crippen LogP contribution in [-0.4, -0.2) is 20.7 Å². The maximum absolute atomic E-state index is 12.0. The molecule has 1 amide bonds. The van der Waals surface area contributed by atoms with Crippen LogP contribution in [0.2, 0.25) is 0 Å². The summed E-state index contributed by atoms with van der Waals surface area (Å²) in [5.41, 5.74) is 6.53. The van der Waals surface area contributed by atoms with E-state index in [2.05, 4.69) is 21.3 Å². The lowest BCUT2D eigenvalue weighted by atomic mass is 9.89. The highest BCUT2D eigenvalue weighted by molar-refractivity contribution is 8.00. The van der Waals surface area contributed by atoms with E-state index in [4.69, 9.17) is 5.73 Å². The van der Waals surface area contributed by atoms with Crippen LogP contribution in [0, 0.1) is 0 Å². The van der Waals surface area contributed by atoms with Crippen molar-refractivity contribution in [2.75, 3.05) is 0 Å². The first-order valence-electron chi connectivity index (χ1n) is 8.75. The molecule has 3 rings (SSSR count). The first kappa shape index (κ1) is 17.7. The summed E-state index contributed by atoms with van der Waals surface area (Å²) in [6.07, 6.45) is 7.92. The van der Waals surface area contributed by atoms with Crippen molar-refractivity contribution in [1.82, 2.24) is 14.8 Å². The van der Waals surface area contributed by atoms with Gasteiger partial charge in [-0.2, -0.15) is 0 Å². The summed E-state index contributed by atoms with van der Waals surface area (Å²) >= 11 is 1.37. The Labute approximate surface area is 152 Å². The van der Waals surface area contributed by atoms with Gasteiger partial charge in [0.15, 0.2) is 5.16 Å². The quantitative estimate of drug-likeness (QED) is 0.604. The summed E-state index contributed by atoms with van der Waals surface area (Å²) in [6.45, 7) is 4.50. The van der Waals surface area contributed by atoms with Gasteiger partial charge in [-0.3, -0.25) is 4.79 Å². The second kappa shape index (κ2) is 8.34. The number of carbonyl (C=O) groups excluding carboxylic acids is 1. The largest absolute Gasteiger partial charge is 0.368 e. The van der Waals surface area contributed by atoms with Crippen LogP contribution in [0.1, 0.15) is 54.7 Å². The lowest BCUT2D eigenvalue weighted by Gasteiger charge is -2.22. The Balaban J connectivity index is 1.89. The van der Waals surface area contributed by atoms with E-state index in [1.54, 1.807) is 0 Å². The molecule has 132 valence electrons. The van der Waals surface area contributed by atoms with Crippen molar-refractivity contribution in [3.63, 3.8) is 0 Å².